The van der Waals surface area contributed by atoms with Gasteiger partial charge < -0.3 is 14.6 Å². The van der Waals surface area contributed by atoms with E-state index in [1.807, 2.05) is 41.3 Å². The van der Waals surface area contributed by atoms with Crippen LogP contribution in [0, 0.1) is 0 Å². The maximum Gasteiger partial charge on any atom is 0.251 e. The monoisotopic (exact) mass is 404 g/mol. The molecule has 7 nitrogen and oxygen atoms in total. The Balaban J connectivity index is 1.50. The molecule has 1 amide bonds. The van der Waals surface area contributed by atoms with Gasteiger partial charge in [-0.25, -0.2) is 4.98 Å². The summed E-state index contributed by atoms with van der Waals surface area (Å²) in [4.78, 5) is 38.6. The molecule has 1 fully saturated rings. The fraction of sp³-hybridized carbons (Fsp3) is 0.304. The summed E-state index contributed by atoms with van der Waals surface area (Å²) in [6.07, 6.45) is 5.43. The van der Waals surface area contributed by atoms with Gasteiger partial charge in [-0.2, -0.15) is 0 Å². The molecule has 154 valence electrons. The summed E-state index contributed by atoms with van der Waals surface area (Å²) in [5.41, 5.74) is 2.20. The van der Waals surface area contributed by atoms with E-state index in [2.05, 4.69) is 9.97 Å². The van der Waals surface area contributed by atoms with E-state index in [0.717, 1.165) is 29.7 Å². The van der Waals surface area contributed by atoms with Gasteiger partial charge in [-0.05, 0) is 42.7 Å². The molecule has 1 atom stereocenters. The van der Waals surface area contributed by atoms with Gasteiger partial charge in [0.1, 0.15) is 11.6 Å². The van der Waals surface area contributed by atoms with Crippen LogP contribution in [0.4, 0.5) is 0 Å². The second kappa shape index (κ2) is 8.90. The first-order chi connectivity index (χ1) is 14.6. The van der Waals surface area contributed by atoms with E-state index in [0.29, 0.717) is 31.0 Å². The Labute approximate surface area is 174 Å². The standard InChI is InChI=1S/C23H24N4O3/c1-30-19-6-2-4-16(12-19)13-22(29)27-11-3-5-18(15-27)23-25-20(14-21(28)26-23)17-7-9-24-10-8-17/h2,4,6-10,12,14,18H,3,5,11,13,15H2,1H3,(H,25,26,28)/t18-/m1/s1. The molecule has 0 spiro atoms. The number of aromatic nitrogens is 3. The second-order valence-corrected chi connectivity index (χ2v) is 7.46. The lowest BCUT2D eigenvalue weighted by Crippen LogP contribution is -2.40. The molecule has 4 rings (SSSR count). The van der Waals surface area contributed by atoms with Gasteiger partial charge in [-0.3, -0.25) is 14.6 Å². The highest BCUT2D eigenvalue weighted by Gasteiger charge is 2.26. The number of piperidine rings is 1. The van der Waals surface area contributed by atoms with E-state index in [-0.39, 0.29) is 17.4 Å². The van der Waals surface area contributed by atoms with Crippen molar-refractivity contribution < 1.29 is 9.53 Å². The number of rotatable bonds is 5. The number of benzene rings is 1. The maximum atomic E-state index is 12.9. The van der Waals surface area contributed by atoms with Crippen LogP contribution in [0.3, 0.4) is 0 Å². The molecule has 30 heavy (non-hydrogen) atoms. The van der Waals surface area contributed by atoms with Gasteiger partial charge in [-0.1, -0.05) is 12.1 Å². The van der Waals surface area contributed by atoms with Crippen molar-refractivity contribution in [2.75, 3.05) is 20.2 Å². The average Bonchev–Trinajstić information content (AvgIpc) is 2.79. The van der Waals surface area contributed by atoms with Crippen LogP contribution in [0.15, 0.2) is 59.7 Å². The van der Waals surface area contributed by atoms with Gasteiger partial charge in [0, 0.05) is 43.0 Å². The Bertz CT molecular complexity index is 1080. The quantitative estimate of drug-likeness (QED) is 0.706. The van der Waals surface area contributed by atoms with Crippen LogP contribution in [0.1, 0.15) is 30.1 Å². The van der Waals surface area contributed by atoms with Crippen molar-refractivity contribution in [2.24, 2.45) is 0 Å². The van der Waals surface area contributed by atoms with Crippen LogP contribution >= 0.6 is 0 Å². The molecule has 7 heteroatoms. The number of hydrogen-bond donors (Lipinski definition) is 1. The van der Waals surface area contributed by atoms with Crippen molar-refractivity contribution in [3.63, 3.8) is 0 Å². The number of amides is 1. The van der Waals surface area contributed by atoms with Crippen molar-refractivity contribution in [3.05, 3.63) is 76.6 Å². The Morgan fingerprint density at radius 2 is 2.07 bits per heavy atom. The second-order valence-electron chi connectivity index (χ2n) is 7.46. The number of ether oxygens (including phenoxy) is 1. The molecule has 1 N–H and O–H groups in total. The van der Waals surface area contributed by atoms with Gasteiger partial charge in [0.15, 0.2) is 0 Å². The highest BCUT2D eigenvalue weighted by Crippen LogP contribution is 2.26. The first-order valence-electron chi connectivity index (χ1n) is 10.0. The minimum absolute atomic E-state index is 0.00231. The third-order valence-corrected chi connectivity index (χ3v) is 5.39. The van der Waals surface area contributed by atoms with E-state index >= 15 is 0 Å². The minimum atomic E-state index is -0.188. The van der Waals surface area contributed by atoms with Gasteiger partial charge in [0.05, 0.1) is 19.2 Å². The summed E-state index contributed by atoms with van der Waals surface area (Å²) in [6.45, 7) is 1.26. The van der Waals surface area contributed by atoms with E-state index in [1.165, 1.54) is 6.07 Å². The lowest BCUT2D eigenvalue weighted by atomic mass is 9.96. The summed E-state index contributed by atoms with van der Waals surface area (Å²) < 4.78 is 5.24. The molecule has 0 saturated carbocycles. The Morgan fingerprint density at radius 1 is 1.23 bits per heavy atom. The fourth-order valence-electron chi connectivity index (χ4n) is 3.84. The SMILES string of the molecule is COc1cccc(CC(=O)N2CCC[C@@H](c3nc(-c4ccncc4)cc(=O)[nH]3)C2)c1. The Kier molecular flexibility index (Phi) is 5.88. The summed E-state index contributed by atoms with van der Waals surface area (Å²) in [5.74, 6) is 1.45. The molecule has 0 bridgehead atoms. The number of likely N-dealkylation sites (tertiary alicyclic amines) is 1. The predicted octanol–water partition coefficient (Wildman–Crippen LogP) is 2.79. The molecular weight excluding hydrogens is 380 g/mol. The first-order valence-corrected chi connectivity index (χ1v) is 10.0. The normalized spacial score (nSPS) is 16.3. The number of carbonyl (C=O) groups excluding carboxylic acids is 1. The number of pyridine rings is 1. The topological polar surface area (TPSA) is 88.2 Å². The van der Waals surface area contributed by atoms with E-state index in [1.54, 1.807) is 19.5 Å². The Morgan fingerprint density at radius 3 is 2.87 bits per heavy atom. The molecule has 0 unspecified atom stereocenters. The van der Waals surface area contributed by atoms with Gasteiger partial charge >= 0.3 is 0 Å². The third kappa shape index (κ3) is 4.56. The molecule has 2 aromatic heterocycles. The largest absolute Gasteiger partial charge is 0.497 e. The van der Waals surface area contributed by atoms with E-state index < -0.39 is 0 Å². The predicted molar refractivity (Wildman–Crippen MR) is 113 cm³/mol. The molecule has 0 aliphatic carbocycles. The molecule has 3 heterocycles. The van der Waals surface area contributed by atoms with Crippen molar-refractivity contribution in [1.82, 2.24) is 19.9 Å². The smallest absolute Gasteiger partial charge is 0.251 e. The Hall–Kier alpha value is -3.48. The lowest BCUT2D eigenvalue weighted by molar-refractivity contribution is -0.131. The summed E-state index contributed by atoms with van der Waals surface area (Å²) in [6, 6.07) is 12.7. The van der Waals surface area contributed by atoms with Gasteiger partial charge in [0.25, 0.3) is 5.56 Å². The van der Waals surface area contributed by atoms with E-state index in [9.17, 15) is 9.59 Å². The number of nitrogens with zero attached hydrogens (tertiary/aromatic N) is 3. The number of carbonyl (C=O) groups is 1. The first kappa shape index (κ1) is 19.8. The van der Waals surface area contributed by atoms with Crippen LogP contribution in [-0.2, 0) is 11.2 Å². The average molecular weight is 404 g/mol. The van der Waals surface area contributed by atoms with Crippen molar-refractivity contribution >= 4 is 5.91 Å². The molecule has 1 aromatic carbocycles. The molecule has 1 aliphatic heterocycles. The molecule has 1 saturated heterocycles. The minimum Gasteiger partial charge on any atom is -0.497 e. The van der Waals surface area contributed by atoms with Crippen molar-refractivity contribution in [2.45, 2.75) is 25.2 Å². The van der Waals surface area contributed by atoms with Crippen molar-refractivity contribution in [3.8, 4) is 17.0 Å². The summed E-state index contributed by atoms with van der Waals surface area (Å²) in [7, 11) is 1.62. The number of hydrogen-bond acceptors (Lipinski definition) is 5. The summed E-state index contributed by atoms with van der Waals surface area (Å²) >= 11 is 0. The van der Waals surface area contributed by atoms with Crippen LogP contribution in [0.25, 0.3) is 11.3 Å². The molecule has 1 aliphatic rings. The highest BCUT2D eigenvalue weighted by atomic mass is 16.5. The highest BCUT2D eigenvalue weighted by molar-refractivity contribution is 5.79. The van der Waals surface area contributed by atoms with Crippen LogP contribution in [0.5, 0.6) is 5.75 Å². The zero-order valence-electron chi connectivity index (χ0n) is 16.9. The lowest BCUT2D eigenvalue weighted by Gasteiger charge is -2.32. The number of H-pyrrole nitrogens is 1. The van der Waals surface area contributed by atoms with E-state index in [4.69, 9.17) is 9.72 Å². The summed E-state index contributed by atoms with van der Waals surface area (Å²) in [5, 5.41) is 0. The fourth-order valence-corrected chi connectivity index (χ4v) is 3.84. The molecular formula is C23H24N4O3. The maximum absolute atomic E-state index is 12.9. The number of methoxy groups -OCH3 is 1. The van der Waals surface area contributed by atoms with Crippen LogP contribution in [0.2, 0.25) is 0 Å². The zero-order chi connectivity index (χ0) is 20.9. The van der Waals surface area contributed by atoms with Crippen molar-refractivity contribution in [1.29, 1.82) is 0 Å². The van der Waals surface area contributed by atoms with Gasteiger partial charge in [-0.15, -0.1) is 0 Å². The van der Waals surface area contributed by atoms with Crippen LogP contribution < -0.4 is 10.3 Å². The van der Waals surface area contributed by atoms with Gasteiger partial charge in [0.2, 0.25) is 5.91 Å². The zero-order valence-corrected chi connectivity index (χ0v) is 16.9. The number of aromatic amines is 1. The van der Waals surface area contributed by atoms with Crippen LogP contribution in [-0.4, -0.2) is 46.0 Å². The third-order valence-electron chi connectivity index (χ3n) is 5.39. The molecule has 3 aromatic rings. The molecule has 0 radical (unpaired) electrons. The number of nitrogens with one attached hydrogen (secondary N) is 1.